The van der Waals surface area contributed by atoms with Crippen LogP contribution in [0.15, 0.2) is 30.3 Å². The van der Waals surface area contributed by atoms with Crippen LogP contribution in [0.25, 0.3) is 0 Å². The van der Waals surface area contributed by atoms with Gasteiger partial charge in [0.15, 0.2) is 6.29 Å². The lowest BCUT2D eigenvalue weighted by Crippen LogP contribution is -2.66. The molecule has 1 heterocycles. The minimum atomic E-state index is -0.959. The Morgan fingerprint density at radius 2 is 1.69 bits per heavy atom. The van der Waals surface area contributed by atoms with Gasteiger partial charge in [-0.3, -0.25) is 0 Å². The van der Waals surface area contributed by atoms with Crippen LogP contribution in [0.4, 0.5) is 4.79 Å². The molecule has 7 heteroatoms. The van der Waals surface area contributed by atoms with Crippen LogP contribution >= 0.6 is 0 Å². The highest BCUT2D eigenvalue weighted by Gasteiger charge is 2.55. The highest BCUT2D eigenvalue weighted by molar-refractivity contribution is 5.68. The molecule has 1 amide bonds. The monoisotopic (exact) mass is 487 g/mol. The maximum absolute atomic E-state index is 12.7. The molecule has 0 unspecified atom stereocenters. The largest absolute Gasteiger partial charge is 0.444 e. The van der Waals surface area contributed by atoms with Crippen LogP contribution in [-0.2, 0) is 25.6 Å². The number of aliphatic hydroxyl groups is 1. The number of nitrogens with one attached hydrogen (secondary N) is 1. The maximum Gasteiger partial charge on any atom is 0.408 e. The van der Waals surface area contributed by atoms with E-state index in [1.54, 1.807) is 0 Å². The number of amides is 1. The Bertz CT molecular complexity index is 848. The molecule has 194 valence electrons. The number of ether oxygens (including phenoxy) is 4. The highest BCUT2D eigenvalue weighted by atomic mass is 16.7. The number of alkyl carbamates (subject to hydrolysis) is 1. The van der Waals surface area contributed by atoms with E-state index in [2.05, 4.69) is 5.32 Å². The van der Waals surface area contributed by atoms with Crippen LogP contribution in [-0.4, -0.2) is 53.0 Å². The lowest BCUT2D eigenvalue weighted by atomic mass is 9.54. The summed E-state index contributed by atoms with van der Waals surface area (Å²) in [5.41, 5.74) is 0.151. The topological polar surface area (TPSA) is 86.2 Å². The Hall–Kier alpha value is -1.67. The first-order valence-corrected chi connectivity index (χ1v) is 13.3. The predicted molar refractivity (Wildman–Crippen MR) is 131 cm³/mol. The standard InChI is InChI=1S/C28H41NO6/c1-17-23(30)22(29-26(31)35-27(2,3)4)24(32-16-18-8-6-5-7-9-18)25(33-17)34-28-13-19-10-20(14-28)12-21(11-19)15-28/h5-9,17,19-25,30H,10-16H2,1-4H3,(H,29,31)/t17-,19?,20?,21?,22+,23-,24+,25+,28?/m1/s1. The lowest BCUT2D eigenvalue weighted by Gasteiger charge is -2.58. The molecule has 1 aromatic carbocycles. The second-order valence-electron chi connectivity index (χ2n) is 12.4. The van der Waals surface area contributed by atoms with Crippen molar-refractivity contribution in [2.75, 3.05) is 0 Å². The third kappa shape index (κ3) is 5.68. The van der Waals surface area contributed by atoms with Gasteiger partial charge in [0, 0.05) is 0 Å². The minimum Gasteiger partial charge on any atom is -0.444 e. The van der Waals surface area contributed by atoms with E-state index in [1.807, 2.05) is 58.0 Å². The molecule has 5 aliphatic rings. The molecule has 4 aliphatic carbocycles. The number of hydrogen-bond acceptors (Lipinski definition) is 6. The zero-order valence-electron chi connectivity index (χ0n) is 21.4. The molecule has 5 atom stereocenters. The molecule has 7 nitrogen and oxygen atoms in total. The van der Waals surface area contributed by atoms with Gasteiger partial charge in [-0.2, -0.15) is 0 Å². The van der Waals surface area contributed by atoms with Gasteiger partial charge in [-0.1, -0.05) is 30.3 Å². The number of carbonyl (C=O) groups excluding carboxylic acids is 1. The average molecular weight is 488 g/mol. The molecular weight excluding hydrogens is 446 g/mol. The van der Waals surface area contributed by atoms with Gasteiger partial charge < -0.3 is 29.4 Å². The van der Waals surface area contributed by atoms with Crippen LogP contribution in [0.1, 0.15) is 71.8 Å². The van der Waals surface area contributed by atoms with Gasteiger partial charge in [-0.15, -0.1) is 0 Å². The third-order valence-electron chi connectivity index (χ3n) is 8.14. The molecule has 2 N–H and O–H groups in total. The first-order chi connectivity index (χ1) is 16.6. The molecule has 0 radical (unpaired) electrons. The third-order valence-corrected chi connectivity index (χ3v) is 8.14. The van der Waals surface area contributed by atoms with Gasteiger partial charge in [-0.05, 0) is 89.5 Å². The molecule has 4 saturated carbocycles. The Morgan fingerprint density at radius 3 is 2.26 bits per heavy atom. The molecular formula is C28H41NO6. The Balaban J connectivity index is 1.37. The predicted octanol–water partition coefficient (Wildman–Crippen LogP) is 4.56. The van der Waals surface area contributed by atoms with Crippen molar-refractivity contribution in [3.63, 3.8) is 0 Å². The maximum atomic E-state index is 12.7. The van der Waals surface area contributed by atoms with Crippen molar-refractivity contribution in [1.82, 2.24) is 5.32 Å². The molecule has 6 rings (SSSR count). The van der Waals surface area contributed by atoms with E-state index in [4.69, 9.17) is 18.9 Å². The summed E-state index contributed by atoms with van der Waals surface area (Å²) in [4.78, 5) is 12.7. The molecule has 1 saturated heterocycles. The smallest absolute Gasteiger partial charge is 0.408 e. The molecule has 1 aromatic rings. The van der Waals surface area contributed by atoms with Gasteiger partial charge in [0.25, 0.3) is 0 Å². The van der Waals surface area contributed by atoms with Crippen molar-refractivity contribution < 1.29 is 28.8 Å². The summed E-state index contributed by atoms with van der Waals surface area (Å²) in [6.07, 6.45) is 3.71. The average Bonchev–Trinajstić information content (AvgIpc) is 2.75. The summed E-state index contributed by atoms with van der Waals surface area (Å²) < 4.78 is 25.0. The first kappa shape index (κ1) is 25.0. The van der Waals surface area contributed by atoms with Crippen molar-refractivity contribution in [2.24, 2.45) is 17.8 Å². The van der Waals surface area contributed by atoms with Gasteiger partial charge >= 0.3 is 6.09 Å². The van der Waals surface area contributed by atoms with Crippen LogP contribution in [0.3, 0.4) is 0 Å². The fourth-order valence-electron chi connectivity index (χ4n) is 7.10. The Kier molecular flexibility index (Phi) is 6.90. The SMILES string of the molecule is C[C@H]1O[C@@H](OC23CC4CC(CC(C4)C2)C3)[C@@H](OCc2ccccc2)[C@@H](NC(=O)OC(C)(C)C)[C@@H]1O. The number of rotatable bonds is 6. The molecule has 1 aliphatic heterocycles. The van der Waals surface area contributed by atoms with Crippen LogP contribution in [0, 0.1) is 17.8 Å². The number of aliphatic hydroxyl groups excluding tert-OH is 1. The second-order valence-corrected chi connectivity index (χ2v) is 12.4. The molecule has 4 bridgehead atoms. The lowest BCUT2D eigenvalue weighted by molar-refractivity contribution is -0.330. The Labute approximate surface area is 208 Å². The number of benzene rings is 1. The van der Waals surface area contributed by atoms with Crippen LogP contribution in [0.2, 0.25) is 0 Å². The summed E-state index contributed by atoms with van der Waals surface area (Å²) in [6, 6.07) is 9.16. The highest BCUT2D eigenvalue weighted by Crippen LogP contribution is 2.57. The quantitative estimate of drug-likeness (QED) is 0.612. The van der Waals surface area contributed by atoms with E-state index >= 15 is 0 Å². The van der Waals surface area contributed by atoms with E-state index in [0.29, 0.717) is 6.61 Å². The van der Waals surface area contributed by atoms with E-state index in [-0.39, 0.29) is 5.60 Å². The zero-order chi connectivity index (χ0) is 24.8. The summed E-state index contributed by atoms with van der Waals surface area (Å²) in [5.74, 6) is 2.19. The zero-order valence-corrected chi connectivity index (χ0v) is 21.4. The van der Waals surface area contributed by atoms with E-state index in [0.717, 1.165) is 42.6 Å². The van der Waals surface area contributed by atoms with Crippen LogP contribution in [0.5, 0.6) is 0 Å². The van der Waals surface area contributed by atoms with Gasteiger partial charge in [0.05, 0.1) is 24.4 Å². The van der Waals surface area contributed by atoms with Crippen molar-refractivity contribution in [3.05, 3.63) is 35.9 Å². The summed E-state index contributed by atoms with van der Waals surface area (Å²) in [6.45, 7) is 7.59. The van der Waals surface area contributed by atoms with Crippen molar-refractivity contribution in [2.45, 2.75) is 115 Å². The number of carbonyl (C=O) groups is 1. The fraction of sp³-hybridized carbons (Fsp3) is 0.750. The van der Waals surface area contributed by atoms with Crippen molar-refractivity contribution in [1.29, 1.82) is 0 Å². The summed E-state index contributed by atoms with van der Waals surface area (Å²) >= 11 is 0. The second kappa shape index (κ2) is 9.66. The normalized spacial score (nSPS) is 40.5. The molecule has 5 fully saturated rings. The minimum absolute atomic E-state index is 0.202. The van der Waals surface area contributed by atoms with Gasteiger partial charge in [-0.25, -0.2) is 4.79 Å². The van der Waals surface area contributed by atoms with E-state index < -0.39 is 42.3 Å². The van der Waals surface area contributed by atoms with Crippen molar-refractivity contribution >= 4 is 6.09 Å². The molecule has 0 aromatic heterocycles. The fourth-order valence-corrected chi connectivity index (χ4v) is 7.10. The summed E-state index contributed by atoms with van der Waals surface area (Å²) in [7, 11) is 0. The van der Waals surface area contributed by atoms with E-state index in [9.17, 15) is 9.90 Å². The van der Waals surface area contributed by atoms with Crippen LogP contribution < -0.4 is 5.32 Å². The Morgan fingerprint density at radius 1 is 1.09 bits per heavy atom. The molecule has 0 spiro atoms. The number of hydrogen-bond donors (Lipinski definition) is 2. The van der Waals surface area contributed by atoms with Gasteiger partial charge in [0.1, 0.15) is 17.8 Å². The van der Waals surface area contributed by atoms with E-state index in [1.165, 1.54) is 19.3 Å². The molecule has 35 heavy (non-hydrogen) atoms. The van der Waals surface area contributed by atoms with Crippen molar-refractivity contribution in [3.8, 4) is 0 Å². The first-order valence-electron chi connectivity index (χ1n) is 13.3. The van der Waals surface area contributed by atoms with Gasteiger partial charge in [0.2, 0.25) is 0 Å². The summed E-state index contributed by atoms with van der Waals surface area (Å²) in [5, 5.41) is 14.0.